The van der Waals surface area contributed by atoms with E-state index in [0.29, 0.717) is 6.54 Å². The number of hydrogen-bond donors (Lipinski definition) is 2. The maximum absolute atomic E-state index is 5.88. The van der Waals surface area contributed by atoms with Gasteiger partial charge in [-0.3, -0.25) is 0 Å². The number of hydrogen-bond acceptors (Lipinski definition) is 4. The molecule has 0 aliphatic carbocycles. The lowest BCUT2D eigenvalue weighted by Gasteiger charge is -2.18. The number of benzene rings is 1. The lowest BCUT2D eigenvalue weighted by Crippen LogP contribution is -2.19. The molecule has 0 saturated heterocycles. The van der Waals surface area contributed by atoms with E-state index < -0.39 is 0 Å². The molecule has 1 aromatic heterocycles. The zero-order valence-electron chi connectivity index (χ0n) is 10.3. The maximum Gasteiger partial charge on any atom is 0.141 e. The number of thiophene rings is 1. The van der Waals surface area contributed by atoms with Crippen molar-refractivity contribution >= 4 is 48.9 Å². The Morgan fingerprint density at radius 2 is 2.11 bits per heavy atom. The standard InChI is InChI=1S/C13H14Br2N2OS/c1-18-11-5-3-2-4-9(11)17-10(7-16)12-6-8(14)13(15)19-12/h2-6,10,17H,7,16H2,1H3. The summed E-state index contributed by atoms with van der Waals surface area (Å²) in [5.74, 6) is 0.815. The van der Waals surface area contributed by atoms with Gasteiger partial charge < -0.3 is 15.8 Å². The Bertz CT molecular complexity index is 540. The minimum absolute atomic E-state index is 0.0592. The Balaban J connectivity index is 2.23. The van der Waals surface area contributed by atoms with Crippen molar-refractivity contribution in [2.45, 2.75) is 6.04 Å². The molecule has 19 heavy (non-hydrogen) atoms. The van der Waals surface area contributed by atoms with Crippen molar-refractivity contribution in [1.82, 2.24) is 0 Å². The molecule has 1 heterocycles. The van der Waals surface area contributed by atoms with Gasteiger partial charge in [0.1, 0.15) is 5.75 Å². The fourth-order valence-electron chi connectivity index (χ4n) is 1.73. The highest BCUT2D eigenvalue weighted by Crippen LogP contribution is 2.37. The quantitative estimate of drug-likeness (QED) is 0.775. The fourth-order valence-corrected chi connectivity index (χ4v) is 3.89. The summed E-state index contributed by atoms with van der Waals surface area (Å²) in [5.41, 5.74) is 6.82. The van der Waals surface area contributed by atoms with E-state index in [4.69, 9.17) is 10.5 Å². The molecule has 6 heteroatoms. The number of anilines is 1. The molecule has 0 aliphatic heterocycles. The number of nitrogens with two attached hydrogens (primary N) is 1. The normalized spacial score (nSPS) is 12.2. The zero-order chi connectivity index (χ0) is 13.8. The molecule has 0 saturated carbocycles. The summed E-state index contributed by atoms with van der Waals surface area (Å²) in [6, 6.07) is 9.96. The van der Waals surface area contributed by atoms with Crippen LogP contribution in [0, 0.1) is 0 Å². The molecule has 1 atom stereocenters. The third-order valence-electron chi connectivity index (χ3n) is 2.68. The van der Waals surface area contributed by atoms with E-state index in [9.17, 15) is 0 Å². The van der Waals surface area contributed by atoms with E-state index in [1.165, 1.54) is 4.88 Å². The molecule has 1 aromatic carbocycles. The highest BCUT2D eigenvalue weighted by Gasteiger charge is 2.15. The van der Waals surface area contributed by atoms with Gasteiger partial charge in [-0.1, -0.05) is 12.1 Å². The maximum atomic E-state index is 5.88. The second-order valence-electron chi connectivity index (χ2n) is 3.90. The topological polar surface area (TPSA) is 47.3 Å². The third-order valence-corrected chi connectivity index (χ3v) is 6.05. The number of nitrogens with one attached hydrogen (secondary N) is 1. The zero-order valence-corrected chi connectivity index (χ0v) is 14.3. The molecular formula is C13H14Br2N2OS. The lowest BCUT2D eigenvalue weighted by atomic mass is 10.2. The summed E-state index contributed by atoms with van der Waals surface area (Å²) >= 11 is 8.67. The minimum atomic E-state index is 0.0592. The second-order valence-corrected chi connectivity index (χ2v) is 7.16. The lowest BCUT2D eigenvalue weighted by molar-refractivity contribution is 0.416. The van der Waals surface area contributed by atoms with Crippen molar-refractivity contribution in [3.63, 3.8) is 0 Å². The number of halogens is 2. The van der Waals surface area contributed by atoms with Gasteiger partial charge in [-0.15, -0.1) is 11.3 Å². The van der Waals surface area contributed by atoms with Gasteiger partial charge in [0.15, 0.2) is 0 Å². The number of rotatable bonds is 5. The van der Waals surface area contributed by atoms with E-state index in [2.05, 4.69) is 43.2 Å². The number of methoxy groups -OCH3 is 1. The summed E-state index contributed by atoms with van der Waals surface area (Å²) in [7, 11) is 1.66. The van der Waals surface area contributed by atoms with Crippen molar-refractivity contribution < 1.29 is 4.74 Å². The first-order chi connectivity index (χ1) is 9.15. The fraction of sp³-hybridized carbons (Fsp3) is 0.231. The molecule has 3 N–H and O–H groups in total. The molecule has 0 aliphatic rings. The molecular weight excluding hydrogens is 392 g/mol. The second kappa shape index (κ2) is 6.74. The Labute approximate surface area is 133 Å². The van der Waals surface area contributed by atoms with Gasteiger partial charge in [-0.2, -0.15) is 0 Å². The van der Waals surface area contributed by atoms with Crippen LogP contribution in [0.5, 0.6) is 5.75 Å². The molecule has 0 fully saturated rings. The van der Waals surface area contributed by atoms with Crippen molar-refractivity contribution in [1.29, 1.82) is 0 Å². The molecule has 102 valence electrons. The molecule has 0 spiro atoms. The first-order valence-electron chi connectivity index (χ1n) is 5.70. The smallest absolute Gasteiger partial charge is 0.141 e. The average molecular weight is 406 g/mol. The third kappa shape index (κ3) is 3.51. The van der Waals surface area contributed by atoms with Gasteiger partial charge >= 0.3 is 0 Å². The summed E-state index contributed by atoms with van der Waals surface area (Å²) in [6.45, 7) is 0.511. The summed E-state index contributed by atoms with van der Waals surface area (Å²) in [5, 5.41) is 3.42. The van der Waals surface area contributed by atoms with Gasteiger partial charge in [0.2, 0.25) is 0 Å². The SMILES string of the molecule is COc1ccccc1NC(CN)c1cc(Br)c(Br)s1. The molecule has 1 unspecified atom stereocenters. The van der Waals surface area contributed by atoms with Crippen LogP contribution in [0.15, 0.2) is 38.6 Å². The van der Waals surface area contributed by atoms with Crippen molar-refractivity contribution in [2.24, 2.45) is 5.73 Å². The predicted octanol–water partition coefficient (Wildman–Crippen LogP) is 4.39. The molecule has 2 rings (SSSR count). The summed E-state index contributed by atoms with van der Waals surface area (Å²) in [6.07, 6.45) is 0. The van der Waals surface area contributed by atoms with Crippen LogP contribution in [0.25, 0.3) is 0 Å². The van der Waals surface area contributed by atoms with E-state index >= 15 is 0 Å². The first kappa shape index (κ1) is 14.8. The summed E-state index contributed by atoms with van der Waals surface area (Å²) in [4.78, 5) is 1.17. The van der Waals surface area contributed by atoms with Crippen LogP contribution in [0.4, 0.5) is 5.69 Å². The van der Waals surface area contributed by atoms with Gasteiger partial charge in [0.25, 0.3) is 0 Å². The van der Waals surface area contributed by atoms with E-state index in [1.807, 2.05) is 24.3 Å². The Morgan fingerprint density at radius 1 is 1.37 bits per heavy atom. The van der Waals surface area contributed by atoms with Crippen LogP contribution in [0.1, 0.15) is 10.9 Å². The van der Waals surface area contributed by atoms with E-state index in [1.54, 1.807) is 18.4 Å². The van der Waals surface area contributed by atoms with Gasteiger partial charge in [-0.25, -0.2) is 0 Å². The van der Waals surface area contributed by atoms with Gasteiger partial charge in [0.05, 0.1) is 22.6 Å². The van der Waals surface area contributed by atoms with Crippen LogP contribution in [0.2, 0.25) is 0 Å². The minimum Gasteiger partial charge on any atom is -0.495 e. The predicted molar refractivity (Wildman–Crippen MR) is 88.1 cm³/mol. The Morgan fingerprint density at radius 3 is 2.68 bits per heavy atom. The molecule has 0 bridgehead atoms. The average Bonchev–Trinajstić information content (AvgIpc) is 2.76. The largest absolute Gasteiger partial charge is 0.495 e. The molecule has 2 aromatic rings. The Hall–Kier alpha value is -0.560. The Kier molecular flexibility index (Phi) is 5.27. The van der Waals surface area contributed by atoms with Crippen LogP contribution < -0.4 is 15.8 Å². The van der Waals surface area contributed by atoms with Gasteiger partial charge in [-0.05, 0) is 50.1 Å². The number of para-hydroxylation sites is 2. The van der Waals surface area contributed by atoms with Gasteiger partial charge in [0, 0.05) is 15.9 Å². The molecule has 0 amide bonds. The molecule has 0 radical (unpaired) electrons. The molecule has 3 nitrogen and oxygen atoms in total. The van der Waals surface area contributed by atoms with E-state index in [0.717, 1.165) is 19.7 Å². The van der Waals surface area contributed by atoms with E-state index in [-0.39, 0.29) is 6.04 Å². The summed E-state index contributed by atoms with van der Waals surface area (Å²) < 4.78 is 7.46. The van der Waals surface area contributed by atoms with Crippen LogP contribution in [-0.4, -0.2) is 13.7 Å². The van der Waals surface area contributed by atoms with Crippen molar-refractivity contribution in [2.75, 3.05) is 19.0 Å². The van der Waals surface area contributed by atoms with Crippen LogP contribution >= 0.6 is 43.2 Å². The highest BCUT2D eigenvalue weighted by molar-refractivity contribution is 9.13. The monoisotopic (exact) mass is 404 g/mol. The number of ether oxygens (including phenoxy) is 1. The van der Waals surface area contributed by atoms with Crippen LogP contribution in [0.3, 0.4) is 0 Å². The van der Waals surface area contributed by atoms with Crippen molar-refractivity contribution in [3.8, 4) is 5.75 Å². The van der Waals surface area contributed by atoms with Crippen molar-refractivity contribution in [3.05, 3.63) is 43.5 Å². The first-order valence-corrected chi connectivity index (χ1v) is 8.10. The van der Waals surface area contributed by atoms with Crippen LogP contribution in [-0.2, 0) is 0 Å². The highest BCUT2D eigenvalue weighted by atomic mass is 79.9.